The molecule has 0 amide bonds. The maximum atomic E-state index is 12.5. The Morgan fingerprint density at radius 2 is 2.00 bits per heavy atom. The summed E-state index contributed by atoms with van der Waals surface area (Å²) in [4.78, 5) is 16.8. The SMILES string of the molecule is COc1ccc(/C=C/C(=O)c2ccc(NC3=NCCCS3)cc2)cc1OC(F)F. The highest BCUT2D eigenvalue weighted by molar-refractivity contribution is 8.14. The zero-order valence-corrected chi connectivity index (χ0v) is 16.5. The Bertz CT molecular complexity index is 915. The van der Waals surface area contributed by atoms with Gasteiger partial charge >= 0.3 is 6.61 Å². The molecule has 0 unspecified atom stereocenters. The van der Waals surface area contributed by atoms with Gasteiger partial charge in [-0.1, -0.05) is 23.9 Å². The highest BCUT2D eigenvalue weighted by atomic mass is 32.2. The first-order valence-corrected chi connectivity index (χ1v) is 9.93. The van der Waals surface area contributed by atoms with Gasteiger partial charge < -0.3 is 14.8 Å². The molecule has 2 aromatic rings. The summed E-state index contributed by atoms with van der Waals surface area (Å²) in [6.45, 7) is -2.14. The zero-order valence-electron chi connectivity index (χ0n) is 15.7. The normalized spacial score (nSPS) is 14.0. The van der Waals surface area contributed by atoms with Gasteiger partial charge in [0.25, 0.3) is 0 Å². The first-order valence-electron chi connectivity index (χ1n) is 8.95. The molecule has 152 valence electrons. The molecule has 0 fully saturated rings. The molecular formula is C21H20F2N2O3S. The first-order chi connectivity index (χ1) is 14.0. The van der Waals surface area contributed by atoms with E-state index in [2.05, 4.69) is 15.0 Å². The number of allylic oxidation sites excluding steroid dienone is 1. The minimum absolute atomic E-state index is 0.0870. The van der Waals surface area contributed by atoms with Crippen molar-refractivity contribution in [2.45, 2.75) is 13.0 Å². The minimum Gasteiger partial charge on any atom is -0.493 e. The Morgan fingerprint density at radius 3 is 2.66 bits per heavy atom. The largest absolute Gasteiger partial charge is 0.493 e. The lowest BCUT2D eigenvalue weighted by Gasteiger charge is -2.13. The average molecular weight is 418 g/mol. The number of carbonyl (C=O) groups is 1. The van der Waals surface area contributed by atoms with Crippen LogP contribution in [0.15, 0.2) is 53.5 Å². The van der Waals surface area contributed by atoms with E-state index in [4.69, 9.17) is 4.74 Å². The lowest BCUT2D eigenvalue weighted by Crippen LogP contribution is -2.13. The molecule has 5 nitrogen and oxygen atoms in total. The summed E-state index contributed by atoms with van der Waals surface area (Å²) < 4.78 is 34.5. The monoisotopic (exact) mass is 418 g/mol. The highest BCUT2D eigenvalue weighted by Crippen LogP contribution is 2.30. The quantitative estimate of drug-likeness (QED) is 0.501. The number of aliphatic imine (C=N–C) groups is 1. The molecule has 3 rings (SSSR count). The predicted molar refractivity (Wildman–Crippen MR) is 112 cm³/mol. The van der Waals surface area contributed by atoms with Gasteiger partial charge in [0.05, 0.1) is 7.11 Å². The predicted octanol–water partition coefficient (Wildman–Crippen LogP) is 5.10. The summed E-state index contributed by atoms with van der Waals surface area (Å²) in [6, 6.07) is 11.6. The van der Waals surface area contributed by atoms with Crippen LogP contribution in [0.5, 0.6) is 11.5 Å². The third-order valence-electron chi connectivity index (χ3n) is 4.05. The van der Waals surface area contributed by atoms with Gasteiger partial charge in [-0.25, -0.2) is 0 Å². The van der Waals surface area contributed by atoms with Crippen LogP contribution in [0.4, 0.5) is 14.5 Å². The topological polar surface area (TPSA) is 59.9 Å². The number of methoxy groups -OCH3 is 1. The molecule has 0 atom stereocenters. The number of hydrogen-bond donors (Lipinski definition) is 1. The summed E-state index contributed by atoms with van der Waals surface area (Å²) in [5, 5.41) is 4.12. The molecule has 1 heterocycles. The average Bonchev–Trinajstić information content (AvgIpc) is 2.73. The van der Waals surface area contributed by atoms with Crippen molar-refractivity contribution in [1.82, 2.24) is 0 Å². The first kappa shape index (κ1) is 20.9. The smallest absolute Gasteiger partial charge is 0.387 e. The van der Waals surface area contributed by atoms with E-state index in [0.29, 0.717) is 11.1 Å². The van der Waals surface area contributed by atoms with Gasteiger partial charge in [-0.2, -0.15) is 8.78 Å². The highest BCUT2D eigenvalue weighted by Gasteiger charge is 2.11. The lowest BCUT2D eigenvalue weighted by atomic mass is 10.1. The Kier molecular flexibility index (Phi) is 7.24. The number of halogens is 2. The van der Waals surface area contributed by atoms with Gasteiger partial charge in [-0.3, -0.25) is 9.79 Å². The second-order valence-electron chi connectivity index (χ2n) is 6.08. The molecule has 0 spiro atoms. The fourth-order valence-electron chi connectivity index (χ4n) is 2.63. The van der Waals surface area contributed by atoms with E-state index < -0.39 is 6.61 Å². The van der Waals surface area contributed by atoms with Crippen molar-refractivity contribution < 1.29 is 23.0 Å². The van der Waals surface area contributed by atoms with Crippen molar-refractivity contribution in [3.8, 4) is 11.5 Å². The van der Waals surface area contributed by atoms with Gasteiger partial charge in [0, 0.05) is 23.5 Å². The second kappa shape index (κ2) is 10.1. The molecule has 1 aliphatic rings. The van der Waals surface area contributed by atoms with Crippen molar-refractivity contribution >= 4 is 34.5 Å². The van der Waals surface area contributed by atoms with Gasteiger partial charge in [-0.05, 0) is 54.5 Å². The molecule has 2 aromatic carbocycles. The Labute approximate surface area is 171 Å². The third-order valence-corrected chi connectivity index (χ3v) is 5.05. The third kappa shape index (κ3) is 6.05. The van der Waals surface area contributed by atoms with Crippen LogP contribution in [0.1, 0.15) is 22.3 Å². The fourth-order valence-corrected chi connectivity index (χ4v) is 3.47. The Morgan fingerprint density at radius 1 is 1.21 bits per heavy atom. The molecule has 0 saturated heterocycles. The molecule has 1 aliphatic heterocycles. The van der Waals surface area contributed by atoms with E-state index in [0.717, 1.165) is 29.6 Å². The number of amidine groups is 1. The number of alkyl halides is 2. The van der Waals surface area contributed by atoms with Gasteiger partial charge in [0.15, 0.2) is 22.4 Å². The lowest BCUT2D eigenvalue weighted by molar-refractivity contribution is -0.0512. The summed E-state index contributed by atoms with van der Waals surface area (Å²) in [5.74, 6) is 0.949. The summed E-state index contributed by atoms with van der Waals surface area (Å²) in [6.07, 6.45) is 4.01. The molecule has 8 heteroatoms. The zero-order chi connectivity index (χ0) is 20.6. The van der Waals surface area contributed by atoms with Crippen molar-refractivity contribution in [3.05, 3.63) is 59.7 Å². The number of rotatable bonds is 7. The van der Waals surface area contributed by atoms with Crippen molar-refractivity contribution in [2.75, 3.05) is 24.7 Å². The van der Waals surface area contributed by atoms with Crippen molar-refractivity contribution in [3.63, 3.8) is 0 Å². The number of carbonyl (C=O) groups excluding carboxylic acids is 1. The number of hydrogen-bond acceptors (Lipinski definition) is 6. The van der Waals surface area contributed by atoms with Crippen LogP contribution in [0.3, 0.4) is 0 Å². The Hall–Kier alpha value is -2.87. The summed E-state index contributed by atoms with van der Waals surface area (Å²) in [7, 11) is 1.37. The van der Waals surface area contributed by atoms with Gasteiger partial charge in [0.1, 0.15) is 0 Å². The fraction of sp³-hybridized carbons (Fsp3) is 0.238. The van der Waals surface area contributed by atoms with E-state index in [1.54, 1.807) is 36.0 Å². The summed E-state index contributed by atoms with van der Waals surface area (Å²) in [5.41, 5.74) is 1.92. The Balaban J connectivity index is 1.66. The molecular weight excluding hydrogens is 398 g/mol. The van der Waals surface area contributed by atoms with E-state index in [9.17, 15) is 13.6 Å². The molecule has 0 radical (unpaired) electrons. The van der Waals surface area contributed by atoms with Crippen LogP contribution >= 0.6 is 11.8 Å². The van der Waals surface area contributed by atoms with E-state index >= 15 is 0 Å². The van der Waals surface area contributed by atoms with Crippen LogP contribution in [-0.4, -0.2) is 37.0 Å². The van der Waals surface area contributed by atoms with Crippen LogP contribution in [-0.2, 0) is 0 Å². The maximum absolute atomic E-state index is 12.5. The van der Waals surface area contributed by atoms with Crippen molar-refractivity contribution in [1.29, 1.82) is 0 Å². The number of ether oxygens (including phenoxy) is 2. The van der Waals surface area contributed by atoms with Gasteiger partial charge in [-0.15, -0.1) is 0 Å². The molecule has 0 aliphatic carbocycles. The molecule has 1 N–H and O–H groups in total. The van der Waals surface area contributed by atoms with Crippen LogP contribution in [0.25, 0.3) is 6.08 Å². The van der Waals surface area contributed by atoms with Crippen LogP contribution in [0.2, 0.25) is 0 Å². The molecule has 0 bridgehead atoms. The number of thioether (sulfide) groups is 1. The molecule has 29 heavy (non-hydrogen) atoms. The summed E-state index contributed by atoms with van der Waals surface area (Å²) >= 11 is 1.68. The second-order valence-corrected chi connectivity index (χ2v) is 7.16. The van der Waals surface area contributed by atoms with E-state index in [1.165, 1.54) is 25.3 Å². The molecule has 0 saturated carbocycles. The van der Waals surface area contributed by atoms with Gasteiger partial charge in [0.2, 0.25) is 0 Å². The van der Waals surface area contributed by atoms with E-state index in [1.807, 2.05) is 12.1 Å². The standard InChI is InChI=1S/C21H20F2N2O3S/c1-27-18-10-4-14(13-19(18)28-20(22)23)3-9-17(26)15-5-7-16(8-6-15)25-21-24-11-2-12-29-21/h3-10,13,20H,2,11-12H2,1H3,(H,24,25)/b9-3+. The van der Waals surface area contributed by atoms with Crippen LogP contribution < -0.4 is 14.8 Å². The number of benzene rings is 2. The number of ketones is 1. The number of nitrogens with zero attached hydrogens (tertiary/aromatic N) is 1. The van der Waals surface area contributed by atoms with Crippen molar-refractivity contribution in [2.24, 2.45) is 4.99 Å². The maximum Gasteiger partial charge on any atom is 0.387 e. The number of nitrogens with one attached hydrogen (secondary N) is 1. The number of anilines is 1. The van der Waals surface area contributed by atoms with E-state index in [-0.39, 0.29) is 17.3 Å². The molecule has 0 aromatic heterocycles. The van der Waals surface area contributed by atoms with Crippen LogP contribution in [0, 0.1) is 0 Å². The minimum atomic E-state index is -2.96.